The predicted molar refractivity (Wildman–Crippen MR) is 135 cm³/mol. The molecule has 0 aliphatic carbocycles. The van der Waals surface area contributed by atoms with E-state index in [-0.39, 0.29) is 5.91 Å². The molecule has 0 saturated carbocycles. The van der Waals surface area contributed by atoms with Gasteiger partial charge in [-0.1, -0.05) is 47.5 Å². The van der Waals surface area contributed by atoms with Gasteiger partial charge in [0.2, 0.25) is 0 Å². The minimum Gasteiger partial charge on any atom is -0.338 e. The van der Waals surface area contributed by atoms with E-state index in [1.54, 1.807) is 6.20 Å². The summed E-state index contributed by atoms with van der Waals surface area (Å²) in [6, 6.07) is 16.4. The number of para-hydroxylation sites is 1. The molecule has 33 heavy (non-hydrogen) atoms. The van der Waals surface area contributed by atoms with Gasteiger partial charge in [-0.25, -0.2) is 0 Å². The third kappa shape index (κ3) is 5.03. The lowest BCUT2D eigenvalue weighted by Crippen LogP contribution is -2.49. The molecule has 0 N–H and O–H groups in total. The van der Waals surface area contributed by atoms with Gasteiger partial charge in [0.15, 0.2) is 0 Å². The Kier molecular flexibility index (Phi) is 6.86. The maximum Gasteiger partial charge on any atom is 0.256 e. The molecule has 2 aliphatic rings. The van der Waals surface area contributed by atoms with Crippen molar-refractivity contribution in [3.05, 3.63) is 75.9 Å². The zero-order valence-electron chi connectivity index (χ0n) is 18.7. The van der Waals surface area contributed by atoms with Gasteiger partial charge in [-0.15, -0.1) is 0 Å². The van der Waals surface area contributed by atoms with E-state index in [0.717, 1.165) is 61.9 Å². The quantitative estimate of drug-likeness (QED) is 0.451. The van der Waals surface area contributed by atoms with Crippen LogP contribution < -0.4 is 0 Å². The molecule has 2 aliphatic heterocycles. The number of likely N-dealkylation sites (tertiary alicyclic amines) is 2. The fourth-order valence-electron chi connectivity index (χ4n) is 5.40. The molecule has 3 heterocycles. The van der Waals surface area contributed by atoms with E-state index in [2.05, 4.69) is 16.0 Å². The molecule has 0 bridgehead atoms. The summed E-state index contributed by atoms with van der Waals surface area (Å²) in [5.41, 5.74) is 2.79. The van der Waals surface area contributed by atoms with Crippen molar-refractivity contribution in [2.45, 2.75) is 38.1 Å². The van der Waals surface area contributed by atoms with Gasteiger partial charge in [0.05, 0.1) is 21.1 Å². The minimum absolute atomic E-state index is 0.109. The van der Waals surface area contributed by atoms with Gasteiger partial charge in [0.1, 0.15) is 0 Å². The Bertz CT molecular complexity index is 1130. The standard InChI is InChI=1S/C27H29Cl2N3O/c28-24-7-6-20(18-25(24)29)17-19-8-13-31(14-9-19)22-10-15-32(16-11-22)27(33)23-5-1-3-21-4-2-12-30-26(21)23/h1-7,12,18-19,22H,8-11,13-17H2. The second-order valence-electron chi connectivity index (χ2n) is 9.34. The number of aromatic nitrogens is 1. The van der Waals surface area contributed by atoms with Crippen molar-refractivity contribution in [3.63, 3.8) is 0 Å². The topological polar surface area (TPSA) is 36.4 Å². The maximum atomic E-state index is 13.2. The Labute approximate surface area is 205 Å². The lowest BCUT2D eigenvalue weighted by Gasteiger charge is -2.42. The van der Waals surface area contributed by atoms with Crippen LogP contribution in [0.3, 0.4) is 0 Å². The summed E-state index contributed by atoms with van der Waals surface area (Å²) in [5, 5.41) is 2.28. The molecule has 1 amide bonds. The molecule has 2 fully saturated rings. The summed E-state index contributed by atoms with van der Waals surface area (Å²) >= 11 is 12.2. The van der Waals surface area contributed by atoms with E-state index in [4.69, 9.17) is 23.2 Å². The summed E-state index contributed by atoms with van der Waals surface area (Å²) in [6.45, 7) is 3.90. The molecule has 6 heteroatoms. The van der Waals surface area contributed by atoms with Gasteiger partial charge in [-0.3, -0.25) is 9.78 Å². The van der Waals surface area contributed by atoms with Crippen molar-refractivity contribution in [1.29, 1.82) is 0 Å². The Morgan fingerprint density at radius 3 is 2.42 bits per heavy atom. The number of hydrogen-bond acceptors (Lipinski definition) is 3. The van der Waals surface area contributed by atoms with Crippen LogP contribution in [0.25, 0.3) is 10.9 Å². The lowest BCUT2D eigenvalue weighted by atomic mass is 9.88. The fourth-order valence-corrected chi connectivity index (χ4v) is 5.72. The van der Waals surface area contributed by atoms with E-state index in [9.17, 15) is 4.79 Å². The first-order chi connectivity index (χ1) is 16.1. The highest BCUT2D eigenvalue weighted by Crippen LogP contribution is 2.29. The van der Waals surface area contributed by atoms with Crippen molar-refractivity contribution in [2.75, 3.05) is 26.2 Å². The Hall–Kier alpha value is -2.14. The molecule has 5 rings (SSSR count). The molecule has 0 radical (unpaired) electrons. The zero-order chi connectivity index (χ0) is 22.8. The monoisotopic (exact) mass is 481 g/mol. The van der Waals surface area contributed by atoms with E-state index >= 15 is 0 Å². The van der Waals surface area contributed by atoms with Gasteiger partial charge < -0.3 is 9.80 Å². The number of fused-ring (bicyclic) bond motifs is 1. The fraction of sp³-hybridized carbons (Fsp3) is 0.407. The molecule has 2 aromatic carbocycles. The van der Waals surface area contributed by atoms with Crippen molar-refractivity contribution in [2.24, 2.45) is 5.92 Å². The van der Waals surface area contributed by atoms with Crippen molar-refractivity contribution < 1.29 is 4.79 Å². The molecule has 0 spiro atoms. The van der Waals surface area contributed by atoms with Crippen LogP contribution >= 0.6 is 23.2 Å². The summed E-state index contributed by atoms with van der Waals surface area (Å²) in [5.74, 6) is 0.803. The third-order valence-electron chi connectivity index (χ3n) is 7.29. The predicted octanol–water partition coefficient (Wildman–Crippen LogP) is 6.10. The SMILES string of the molecule is O=C(c1cccc2cccnc12)N1CCC(N2CCC(Cc3ccc(Cl)c(Cl)c3)CC2)CC1. The number of rotatable bonds is 4. The lowest BCUT2D eigenvalue weighted by molar-refractivity contribution is 0.0553. The van der Waals surface area contributed by atoms with Crippen molar-refractivity contribution in [1.82, 2.24) is 14.8 Å². The van der Waals surface area contributed by atoms with Crippen molar-refractivity contribution >= 4 is 40.0 Å². The summed E-state index contributed by atoms with van der Waals surface area (Å²) in [7, 11) is 0. The van der Waals surface area contributed by atoms with Gasteiger partial charge in [0, 0.05) is 30.7 Å². The van der Waals surface area contributed by atoms with E-state index in [1.807, 2.05) is 47.4 Å². The molecule has 3 aromatic rings. The summed E-state index contributed by atoms with van der Waals surface area (Å²) in [4.78, 5) is 22.3. The second-order valence-corrected chi connectivity index (χ2v) is 10.2. The number of piperidine rings is 2. The van der Waals surface area contributed by atoms with Gasteiger partial charge >= 0.3 is 0 Å². The van der Waals surface area contributed by atoms with Crippen LogP contribution in [0.2, 0.25) is 10.0 Å². The molecule has 172 valence electrons. The summed E-state index contributed by atoms with van der Waals surface area (Å²) in [6.07, 6.45) is 7.33. The number of carbonyl (C=O) groups excluding carboxylic acids is 1. The molecule has 1 aromatic heterocycles. The Morgan fingerprint density at radius 1 is 0.909 bits per heavy atom. The molecule has 0 unspecified atom stereocenters. The van der Waals surface area contributed by atoms with Crippen LogP contribution in [0.5, 0.6) is 0 Å². The highest BCUT2D eigenvalue weighted by molar-refractivity contribution is 6.42. The Balaban J connectivity index is 1.13. The average molecular weight is 482 g/mol. The van der Waals surface area contributed by atoms with E-state index < -0.39 is 0 Å². The Morgan fingerprint density at radius 2 is 1.67 bits per heavy atom. The normalized spacial score (nSPS) is 18.7. The first kappa shape index (κ1) is 22.6. The highest BCUT2D eigenvalue weighted by atomic mass is 35.5. The van der Waals surface area contributed by atoms with Crippen LogP contribution in [0.4, 0.5) is 0 Å². The number of nitrogens with zero attached hydrogens (tertiary/aromatic N) is 3. The van der Waals surface area contributed by atoms with Crippen LogP contribution in [-0.2, 0) is 6.42 Å². The van der Waals surface area contributed by atoms with Gasteiger partial charge in [-0.2, -0.15) is 0 Å². The van der Waals surface area contributed by atoms with Crippen LogP contribution in [0.1, 0.15) is 41.6 Å². The molecule has 0 atom stereocenters. The molecule has 2 saturated heterocycles. The van der Waals surface area contributed by atoms with E-state index in [0.29, 0.717) is 22.0 Å². The van der Waals surface area contributed by atoms with Crippen LogP contribution in [-0.4, -0.2) is 52.9 Å². The number of benzene rings is 2. The molecular formula is C27H29Cl2N3O. The second kappa shape index (κ2) is 10.0. The average Bonchev–Trinajstić information content (AvgIpc) is 2.86. The number of halogens is 2. The van der Waals surface area contributed by atoms with E-state index in [1.165, 1.54) is 18.4 Å². The first-order valence-corrected chi connectivity index (χ1v) is 12.6. The van der Waals surface area contributed by atoms with Crippen LogP contribution in [0, 0.1) is 5.92 Å². The molecular weight excluding hydrogens is 453 g/mol. The maximum absolute atomic E-state index is 13.2. The smallest absolute Gasteiger partial charge is 0.256 e. The van der Waals surface area contributed by atoms with Crippen LogP contribution in [0.15, 0.2) is 54.7 Å². The first-order valence-electron chi connectivity index (χ1n) is 11.9. The number of carbonyl (C=O) groups is 1. The summed E-state index contributed by atoms with van der Waals surface area (Å²) < 4.78 is 0. The minimum atomic E-state index is 0.109. The number of amides is 1. The third-order valence-corrected chi connectivity index (χ3v) is 8.03. The van der Waals surface area contributed by atoms with Gasteiger partial charge in [-0.05, 0) is 80.9 Å². The number of hydrogen-bond donors (Lipinski definition) is 0. The van der Waals surface area contributed by atoms with Gasteiger partial charge in [0.25, 0.3) is 5.91 Å². The zero-order valence-corrected chi connectivity index (χ0v) is 20.2. The van der Waals surface area contributed by atoms with Crippen molar-refractivity contribution in [3.8, 4) is 0 Å². The largest absolute Gasteiger partial charge is 0.338 e. The molecule has 4 nitrogen and oxygen atoms in total. The number of pyridine rings is 1. The highest BCUT2D eigenvalue weighted by Gasteiger charge is 2.30.